The Morgan fingerprint density at radius 1 is 0.865 bits per heavy atom. The van der Waals surface area contributed by atoms with Gasteiger partial charge in [-0.15, -0.1) is 0 Å². The van der Waals surface area contributed by atoms with E-state index in [1.807, 2.05) is 54.6 Å². The van der Waals surface area contributed by atoms with Crippen LogP contribution >= 0.6 is 0 Å². The second-order valence-corrected chi connectivity index (χ2v) is 8.79. The van der Waals surface area contributed by atoms with Crippen molar-refractivity contribution in [1.29, 1.82) is 0 Å². The summed E-state index contributed by atoms with van der Waals surface area (Å²) in [6.45, 7) is 0.996. The zero-order valence-electron chi connectivity index (χ0n) is 20.3. The molecule has 0 spiro atoms. The predicted octanol–water partition coefficient (Wildman–Crippen LogP) is 5.48. The summed E-state index contributed by atoms with van der Waals surface area (Å²) in [4.78, 5) is 41.8. The van der Waals surface area contributed by atoms with Crippen molar-refractivity contribution in [2.24, 2.45) is 0 Å². The van der Waals surface area contributed by atoms with Gasteiger partial charge in [-0.1, -0.05) is 48.5 Å². The number of carbonyl (C=O) groups excluding carboxylic acids is 3. The molecule has 5 rings (SSSR count). The van der Waals surface area contributed by atoms with Crippen molar-refractivity contribution >= 4 is 51.7 Å². The molecule has 184 valence electrons. The zero-order valence-corrected chi connectivity index (χ0v) is 20.3. The first-order valence-electron chi connectivity index (χ1n) is 12.0. The average molecular weight is 492 g/mol. The first-order chi connectivity index (χ1) is 18.0. The number of nitrogens with zero attached hydrogens (tertiary/aromatic N) is 1. The number of nitrogens with one attached hydrogen (secondary N) is 2. The van der Waals surface area contributed by atoms with Crippen LogP contribution in [-0.2, 0) is 20.7 Å². The molecule has 1 aliphatic rings. The Kier molecular flexibility index (Phi) is 6.76. The Balaban J connectivity index is 1.35. The van der Waals surface area contributed by atoms with Gasteiger partial charge in [-0.05, 0) is 65.9 Å². The van der Waals surface area contributed by atoms with E-state index in [-0.39, 0.29) is 5.91 Å². The van der Waals surface area contributed by atoms with Gasteiger partial charge in [-0.3, -0.25) is 9.59 Å². The molecule has 0 aliphatic heterocycles. The van der Waals surface area contributed by atoms with Crippen LogP contribution in [-0.4, -0.2) is 29.4 Å². The molecule has 37 heavy (non-hydrogen) atoms. The smallest absolute Gasteiger partial charge is 0.339 e. The minimum Gasteiger partial charge on any atom is -0.452 e. The highest BCUT2D eigenvalue weighted by Crippen LogP contribution is 2.37. The average Bonchev–Trinajstić information content (AvgIpc) is 3.29. The number of rotatable bonds is 6. The fraction of sp³-hybridized carbons (Fsp3) is 0.133. The maximum atomic E-state index is 13.3. The largest absolute Gasteiger partial charge is 0.452 e. The molecule has 4 aromatic rings. The molecule has 0 fully saturated rings. The summed E-state index contributed by atoms with van der Waals surface area (Å²) >= 11 is 0. The monoisotopic (exact) mass is 491 g/mol. The van der Waals surface area contributed by atoms with Gasteiger partial charge in [0.2, 0.25) is 5.91 Å². The lowest BCUT2D eigenvalue weighted by molar-refractivity contribution is -0.119. The molecule has 1 heterocycles. The summed E-state index contributed by atoms with van der Waals surface area (Å²) in [5.41, 5.74) is 6.12. The summed E-state index contributed by atoms with van der Waals surface area (Å²) in [5, 5.41) is 6.08. The van der Waals surface area contributed by atoms with Crippen LogP contribution in [0.15, 0.2) is 78.9 Å². The van der Waals surface area contributed by atoms with Crippen LogP contribution in [0.5, 0.6) is 0 Å². The number of esters is 1. The molecular formula is C30H25N3O4. The van der Waals surface area contributed by atoms with Gasteiger partial charge in [-0.25, -0.2) is 9.78 Å². The third kappa shape index (κ3) is 5.41. The van der Waals surface area contributed by atoms with E-state index in [2.05, 4.69) is 16.7 Å². The predicted molar refractivity (Wildman–Crippen MR) is 144 cm³/mol. The van der Waals surface area contributed by atoms with Gasteiger partial charge in [0.25, 0.3) is 5.91 Å². The van der Waals surface area contributed by atoms with Crippen molar-refractivity contribution in [2.75, 3.05) is 17.2 Å². The summed E-state index contributed by atoms with van der Waals surface area (Å²) < 4.78 is 5.47. The number of allylic oxidation sites excluding steroid dienone is 1. The molecule has 3 aromatic carbocycles. The molecule has 1 aromatic heterocycles. The Bertz CT molecular complexity index is 1530. The van der Waals surface area contributed by atoms with Crippen LogP contribution in [0, 0.1) is 0 Å². The summed E-state index contributed by atoms with van der Waals surface area (Å²) in [6, 6.07) is 24.2. The summed E-state index contributed by atoms with van der Waals surface area (Å²) in [7, 11) is 0. The molecule has 0 saturated carbocycles. The van der Waals surface area contributed by atoms with E-state index in [1.54, 1.807) is 24.3 Å². The van der Waals surface area contributed by atoms with E-state index >= 15 is 0 Å². The minimum absolute atomic E-state index is 0.179. The van der Waals surface area contributed by atoms with Crippen LogP contribution < -0.4 is 10.6 Å². The first kappa shape index (κ1) is 23.9. The molecule has 1 aliphatic carbocycles. The first-order valence-corrected chi connectivity index (χ1v) is 12.0. The van der Waals surface area contributed by atoms with Crippen molar-refractivity contribution in [2.45, 2.75) is 19.8 Å². The molecular weight excluding hydrogens is 466 g/mol. The SMILES string of the molecule is CC(=O)Nc1ccc(NC(=O)COC(=O)c2c3c(nc4ccccc24)C(=Cc2ccccc2)CC3)cc1. The van der Waals surface area contributed by atoms with Gasteiger partial charge in [0.1, 0.15) is 0 Å². The normalized spacial score (nSPS) is 13.3. The van der Waals surface area contributed by atoms with E-state index in [1.165, 1.54) is 6.92 Å². The van der Waals surface area contributed by atoms with Crippen LogP contribution in [0.4, 0.5) is 11.4 Å². The molecule has 0 atom stereocenters. The number of carbonyl (C=O) groups is 3. The Labute approximate surface area is 214 Å². The Morgan fingerprint density at radius 3 is 2.27 bits per heavy atom. The van der Waals surface area contributed by atoms with E-state index in [0.29, 0.717) is 34.3 Å². The number of hydrogen-bond acceptors (Lipinski definition) is 5. The molecule has 0 bridgehead atoms. The number of pyridine rings is 1. The second-order valence-electron chi connectivity index (χ2n) is 8.79. The number of hydrogen-bond donors (Lipinski definition) is 2. The van der Waals surface area contributed by atoms with Crippen LogP contribution in [0.2, 0.25) is 0 Å². The number of aromatic nitrogens is 1. The highest BCUT2D eigenvalue weighted by molar-refractivity contribution is 6.08. The fourth-order valence-electron chi connectivity index (χ4n) is 4.50. The van der Waals surface area contributed by atoms with Crippen molar-refractivity contribution < 1.29 is 19.1 Å². The van der Waals surface area contributed by atoms with Crippen molar-refractivity contribution in [3.63, 3.8) is 0 Å². The second kappa shape index (κ2) is 10.5. The summed E-state index contributed by atoms with van der Waals surface area (Å²) in [6.07, 6.45) is 3.54. The van der Waals surface area contributed by atoms with Crippen molar-refractivity contribution in [3.8, 4) is 0 Å². The van der Waals surface area contributed by atoms with E-state index in [9.17, 15) is 14.4 Å². The fourth-order valence-corrected chi connectivity index (χ4v) is 4.50. The maximum Gasteiger partial charge on any atom is 0.339 e. The standard InChI is InChI=1S/C30H25N3O4/c1-19(34)31-22-12-14-23(15-13-22)32-27(35)18-37-30(36)28-24-9-5-6-10-26(24)33-29-21(11-16-25(28)29)17-20-7-3-2-4-8-20/h2-10,12-15,17H,11,16,18H2,1H3,(H,31,34)(H,32,35). The van der Waals surface area contributed by atoms with Crippen molar-refractivity contribution in [3.05, 3.63) is 101 Å². The number of amides is 2. The van der Waals surface area contributed by atoms with Gasteiger partial charge < -0.3 is 15.4 Å². The topological polar surface area (TPSA) is 97.4 Å². The van der Waals surface area contributed by atoms with Crippen molar-refractivity contribution in [1.82, 2.24) is 4.98 Å². The lowest BCUT2D eigenvalue weighted by atomic mass is 10.0. The number of benzene rings is 3. The number of ether oxygens (including phenoxy) is 1. The molecule has 0 saturated heterocycles. The summed E-state index contributed by atoms with van der Waals surface area (Å²) in [5.74, 6) is -1.19. The molecule has 0 radical (unpaired) electrons. The molecule has 2 amide bonds. The van der Waals surface area contributed by atoms with Gasteiger partial charge >= 0.3 is 5.97 Å². The third-order valence-electron chi connectivity index (χ3n) is 6.11. The van der Waals surface area contributed by atoms with E-state index in [4.69, 9.17) is 9.72 Å². The number of para-hydroxylation sites is 1. The van der Waals surface area contributed by atoms with E-state index in [0.717, 1.165) is 28.8 Å². The highest BCUT2D eigenvalue weighted by atomic mass is 16.5. The lowest BCUT2D eigenvalue weighted by Crippen LogP contribution is -2.21. The van der Waals surface area contributed by atoms with E-state index < -0.39 is 18.5 Å². The number of fused-ring (bicyclic) bond motifs is 2. The molecule has 2 N–H and O–H groups in total. The van der Waals surface area contributed by atoms with Gasteiger partial charge in [0.15, 0.2) is 6.61 Å². The lowest BCUT2D eigenvalue weighted by Gasteiger charge is -2.13. The molecule has 0 unspecified atom stereocenters. The van der Waals surface area contributed by atoms with Gasteiger partial charge in [-0.2, -0.15) is 0 Å². The minimum atomic E-state index is -0.549. The maximum absolute atomic E-state index is 13.3. The van der Waals surface area contributed by atoms with Crippen LogP contribution in [0.1, 0.15) is 40.5 Å². The third-order valence-corrected chi connectivity index (χ3v) is 6.11. The number of anilines is 2. The van der Waals surface area contributed by atoms with Gasteiger partial charge in [0, 0.05) is 23.7 Å². The Hall–Kier alpha value is -4.78. The quantitative estimate of drug-likeness (QED) is 0.348. The molecule has 7 nitrogen and oxygen atoms in total. The molecule has 7 heteroatoms. The van der Waals surface area contributed by atoms with Gasteiger partial charge in [0.05, 0.1) is 16.8 Å². The zero-order chi connectivity index (χ0) is 25.8. The highest BCUT2D eigenvalue weighted by Gasteiger charge is 2.28. The Morgan fingerprint density at radius 2 is 1.54 bits per heavy atom. The van der Waals surface area contributed by atoms with Crippen LogP contribution in [0.3, 0.4) is 0 Å². The van der Waals surface area contributed by atoms with Crippen LogP contribution in [0.25, 0.3) is 22.6 Å².